The fourth-order valence-electron chi connectivity index (χ4n) is 2.11. The number of anilines is 1. The van der Waals surface area contributed by atoms with Crippen molar-refractivity contribution >= 4 is 22.4 Å². The first-order chi connectivity index (χ1) is 8.74. The molecule has 0 aromatic carbocycles. The number of nitrogens with one attached hydrogen (secondary N) is 1. The summed E-state index contributed by atoms with van der Waals surface area (Å²) in [7, 11) is 1.82. The summed E-state index contributed by atoms with van der Waals surface area (Å²) in [6, 6.07) is -0.119. The fourth-order valence-corrected chi connectivity index (χ4v) is 2.83. The predicted octanol–water partition coefficient (Wildman–Crippen LogP) is 1.11. The highest BCUT2D eigenvalue weighted by molar-refractivity contribution is 7.15. The molecule has 1 aliphatic heterocycles. The van der Waals surface area contributed by atoms with Gasteiger partial charge < -0.3 is 10.1 Å². The summed E-state index contributed by atoms with van der Waals surface area (Å²) in [6.07, 6.45) is 1.90. The number of carbonyl (C=O) groups is 1. The van der Waals surface area contributed by atoms with E-state index in [9.17, 15) is 4.79 Å². The molecule has 2 heterocycles. The molecule has 0 bridgehead atoms. The molecule has 1 saturated heterocycles. The van der Waals surface area contributed by atoms with Crippen LogP contribution in [0.25, 0.3) is 0 Å². The van der Waals surface area contributed by atoms with Crippen LogP contribution in [0, 0.1) is 0 Å². The van der Waals surface area contributed by atoms with Gasteiger partial charge in [-0.2, -0.15) is 0 Å². The lowest BCUT2D eigenvalue weighted by Crippen LogP contribution is -2.36. The highest BCUT2D eigenvalue weighted by Gasteiger charge is 2.32. The molecule has 0 spiro atoms. The van der Waals surface area contributed by atoms with E-state index < -0.39 is 0 Å². The van der Waals surface area contributed by atoms with Crippen LogP contribution in [0.2, 0.25) is 0 Å². The molecule has 0 radical (unpaired) electrons. The predicted molar refractivity (Wildman–Crippen MR) is 69.5 cm³/mol. The van der Waals surface area contributed by atoms with Gasteiger partial charge in [0.25, 0.3) is 0 Å². The van der Waals surface area contributed by atoms with Crippen molar-refractivity contribution in [3.05, 3.63) is 5.01 Å². The quantitative estimate of drug-likeness (QED) is 0.808. The number of aromatic nitrogens is 2. The number of hydrogen-bond acceptors (Lipinski definition) is 7. The van der Waals surface area contributed by atoms with Crippen LogP contribution in [0.3, 0.4) is 0 Å². The number of hydrogen-bond donors (Lipinski definition) is 1. The Labute approximate surface area is 110 Å². The molecule has 0 amide bonds. The normalized spacial score (nSPS) is 20.0. The molecule has 1 unspecified atom stereocenters. The van der Waals surface area contributed by atoms with Crippen LogP contribution < -0.4 is 5.32 Å². The zero-order chi connectivity index (χ0) is 13.0. The summed E-state index contributed by atoms with van der Waals surface area (Å²) in [5, 5.41) is 12.8. The van der Waals surface area contributed by atoms with Crippen molar-refractivity contribution in [2.45, 2.75) is 32.4 Å². The van der Waals surface area contributed by atoms with Crippen LogP contribution >= 0.6 is 11.3 Å². The minimum Gasteiger partial charge on any atom is -0.465 e. The highest BCUT2D eigenvalue weighted by Crippen LogP contribution is 2.23. The van der Waals surface area contributed by atoms with Crippen molar-refractivity contribution in [1.29, 1.82) is 0 Å². The number of esters is 1. The molecule has 1 atom stereocenters. The number of rotatable bonds is 5. The molecular weight excluding hydrogens is 252 g/mol. The van der Waals surface area contributed by atoms with E-state index in [-0.39, 0.29) is 12.0 Å². The minimum atomic E-state index is -0.119. The molecule has 0 saturated carbocycles. The van der Waals surface area contributed by atoms with Crippen LogP contribution in [0.15, 0.2) is 0 Å². The summed E-state index contributed by atoms with van der Waals surface area (Å²) in [4.78, 5) is 13.9. The van der Waals surface area contributed by atoms with E-state index in [0.717, 1.165) is 29.5 Å². The summed E-state index contributed by atoms with van der Waals surface area (Å²) in [6.45, 7) is 3.85. The van der Waals surface area contributed by atoms with E-state index >= 15 is 0 Å². The number of likely N-dealkylation sites (tertiary alicyclic amines) is 1. The van der Waals surface area contributed by atoms with Crippen LogP contribution in [0.1, 0.15) is 24.8 Å². The van der Waals surface area contributed by atoms with Gasteiger partial charge in [-0.15, -0.1) is 10.2 Å². The van der Waals surface area contributed by atoms with Gasteiger partial charge in [0.1, 0.15) is 11.0 Å². The van der Waals surface area contributed by atoms with E-state index in [1.54, 1.807) is 0 Å². The van der Waals surface area contributed by atoms with Crippen molar-refractivity contribution in [3.63, 3.8) is 0 Å². The SMILES string of the molecule is CCOC(=O)C1CCCN1Cc1nnc(NC)s1. The van der Waals surface area contributed by atoms with Gasteiger partial charge in [0.05, 0.1) is 13.2 Å². The highest BCUT2D eigenvalue weighted by atomic mass is 32.1. The third-order valence-electron chi connectivity index (χ3n) is 2.94. The van der Waals surface area contributed by atoms with Gasteiger partial charge >= 0.3 is 5.97 Å². The Morgan fingerprint density at radius 3 is 3.11 bits per heavy atom. The van der Waals surface area contributed by atoms with Crippen LogP contribution in [-0.4, -0.2) is 47.3 Å². The number of nitrogens with zero attached hydrogens (tertiary/aromatic N) is 3. The molecule has 100 valence electrons. The van der Waals surface area contributed by atoms with E-state index in [2.05, 4.69) is 20.4 Å². The minimum absolute atomic E-state index is 0.117. The fraction of sp³-hybridized carbons (Fsp3) is 0.727. The molecule has 2 rings (SSSR count). The first kappa shape index (κ1) is 13.2. The lowest BCUT2D eigenvalue weighted by Gasteiger charge is -2.21. The lowest BCUT2D eigenvalue weighted by molar-refractivity contribution is -0.148. The maximum Gasteiger partial charge on any atom is 0.323 e. The summed E-state index contributed by atoms with van der Waals surface area (Å²) < 4.78 is 5.09. The van der Waals surface area contributed by atoms with E-state index in [0.29, 0.717) is 13.2 Å². The molecule has 1 aliphatic rings. The second-order valence-electron chi connectivity index (χ2n) is 4.13. The Morgan fingerprint density at radius 1 is 1.61 bits per heavy atom. The maximum atomic E-state index is 11.8. The van der Waals surface area contributed by atoms with Gasteiger partial charge in [0, 0.05) is 7.05 Å². The molecular formula is C11H18N4O2S. The van der Waals surface area contributed by atoms with E-state index in [1.807, 2.05) is 14.0 Å². The zero-order valence-corrected chi connectivity index (χ0v) is 11.5. The Kier molecular flexibility index (Phi) is 4.48. The van der Waals surface area contributed by atoms with Crippen LogP contribution in [-0.2, 0) is 16.1 Å². The first-order valence-corrected chi connectivity index (χ1v) is 6.97. The zero-order valence-electron chi connectivity index (χ0n) is 10.7. The molecule has 1 fully saturated rings. The summed E-state index contributed by atoms with van der Waals surface area (Å²) in [5.74, 6) is -0.117. The van der Waals surface area contributed by atoms with Crippen LogP contribution in [0.4, 0.5) is 5.13 Å². The molecule has 1 aromatic heterocycles. The van der Waals surface area contributed by atoms with Crippen LogP contribution in [0.5, 0.6) is 0 Å². The molecule has 6 nitrogen and oxygen atoms in total. The maximum absolute atomic E-state index is 11.8. The average molecular weight is 270 g/mol. The van der Waals surface area contributed by atoms with Crippen molar-refractivity contribution in [2.24, 2.45) is 0 Å². The van der Waals surface area contributed by atoms with Crippen molar-refractivity contribution in [2.75, 3.05) is 25.5 Å². The third-order valence-corrected chi connectivity index (χ3v) is 3.87. The van der Waals surface area contributed by atoms with Gasteiger partial charge in [-0.05, 0) is 26.3 Å². The van der Waals surface area contributed by atoms with Crippen molar-refractivity contribution in [1.82, 2.24) is 15.1 Å². The van der Waals surface area contributed by atoms with E-state index in [4.69, 9.17) is 4.74 Å². The Bertz CT molecular complexity index is 410. The molecule has 18 heavy (non-hydrogen) atoms. The second-order valence-corrected chi connectivity index (χ2v) is 5.19. The Hall–Kier alpha value is -1.21. The van der Waals surface area contributed by atoms with Gasteiger partial charge in [0.2, 0.25) is 5.13 Å². The first-order valence-electron chi connectivity index (χ1n) is 6.15. The van der Waals surface area contributed by atoms with Gasteiger partial charge in [-0.1, -0.05) is 11.3 Å². The van der Waals surface area contributed by atoms with Gasteiger partial charge in [-0.3, -0.25) is 9.69 Å². The molecule has 1 N–H and O–H groups in total. The smallest absolute Gasteiger partial charge is 0.323 e. The molecule has 1 aromatic rings. The topological polar surface area (TPSA) is 67.3 Å². The average Bonchev–Trinajstić information content (AvgIpc) is 2.99. The summed E-state index contributed by atoms with van der Waals surface area (Å²) >= 11 is 1.52. The monoisotopic (exact) mass is 270 g/mol. The molecule has 0 aliphatic carbocycles. The van der Waals surface area contributed by atoms with Crippen molar-refractivity contribution < 1.29 is 9.53 Å². The Balaban J connectivity index is 1.97. The third kappa shape index (κ3) is 2.97. The largest absolute Gasteiger partial charge is 0.465 e. The second kappa shape index (κ2) is 6.10. The van der Waals surface area contributed by atoms with Crippen molar-refractivity contribution in [3.8, 4) is 0 Å². The van der Waals surface area contributed by atoms with E-state index in [1.165, 1.54) is 11.3 Å². The number of carbonyl (C=O) groups excluding carboxylic acids is 1. The summed E-state index contributed by atoms with van der Waals surface area (Å²) in [5.41, 5.74) is 0. The lowest BCUT2D eigenvalue weighted by atomic mass is 10.2. The standard InChI is InChI=1S/C11H18N4O2S/c1-3-17-10(16)8-5-4-6-15(8)7-9-13-14-11(12-2)18-9/h8H,3-7H2,1-2H3,(H,12,14). The Morgan fingerprint density at radius 2 is 2.44 bits per heavy atom. The van der Waals surface area contributed by atoms with Gasteiger partial charge in [-0.25, -0.2) is 0 Å². The van der Waals surface area contributed by atoms with Gasteiger partial charge in [0.15, 0.2) is 0 Å². The molecule has 7 heteroatoms. The number of ether oxygens (including phenoxy) is 1.